The fraction of sp³-hybridized carbons (Fsp3) is 0.786. The summed E-state index contributed by atoms with van der Waals surface area (Å²) in [5.74, 6) is 0. The Morgan fingerprint density at radius 2 is 2.11 bits per heavy atom. The van der Waals surface area contributed by atoms with E-state index >= 15 is 0 Å². The minimum Gasteiger partial charge on any atom is -0.295 e. The third kappa shape index (κ3) is 2.80. The van der Waals surface area contributed by atoms with Gasteiger partial charge < -0.3 is 0 Å². The van der Waals surface area contributed by atoms with Crippen LogP contribution in [-0.4, -0.2) is 27.3 Å². The molecule has 1 fully saturated rings. The van der Waals surface area contributed by atoms with E-state index in [-0.39, 0.29) is 0 Å². The van der Waals surface area contributed by atoms with Crippen molar-refractivity contribution in [3.63, 3.8) is 0 Å². The molecular weight excluding hydrogens is 290 g/mol. The molecule has 1 aromatic heterocycles. The number of likely N-dealkylation sites (tertiary alicyclic amines) is 1. The molecule has 2 rings (SSSR count). The van der Waals surface area contributed by atoms with Gasteiger partial charge >= 0.3 is 0 Å². The Morgan fingerprint density at radius 1 is 1.33 bits per heavy atom. The van der Waals surface area contributed by atoms with E-state index in [2.05, 4.69) is 51.4 Å². The van der Waals surface area contributed by atoms with Crippen molar-refractivity contribution in [1.82, 2.24) is 14.7 Å². The van der Waals surface area contributed by atoms with Crippen molar-refractivity contribution in [3.8, 4) is 0 Å². The van der Waals surface area contributed by atoms with Crippen molar-refractivity contribution in [1.29, 1.82) is 0 Å². The van der Waals surface area contributed by atoms with E-state index in [9.17, 15) is 0 Å². The zero-order chi connectivity index (χ0) is 13.1. The van der Waals surface area contributed by atoms with Crippen molar-refractivity contribution in [2.45, 2.75) is 65.6 Å². The lowest BCUT2D eigenvalue weighted by molar-refractivity contribution is 0.132. The molecule has 1 unspecified atom stereocenters. The Balaban J connectivity index is 2.17. The van der Waals surface area contributed by atoms with E-state index in [1.165, 1.54) is 42.4 Å². The monoisotopic (exact) mass is 313 g/mol. The van der Waals surface area contributed by atoms with Crippen molar-refractivity contribution >= 4 is 15.9 Å². The number of hydrogen-bond donors (Lipinski definition) is 0. The molecule has 2 heterocycles. The first-order valence-corrected chi connectivity index (χ1v) is 7.92. The number of aryl methyl sites for hydroxylation is 2. The van der Waals surface area contributed by atoms with Crippen LogP contribution in [0.4, 0.5) is 0 Å². The first-order chi connectivity index (χ1) is 8.67. The van der Waals surface area contributed by atoms with Gasteiger partial charge in [-0.2, -0.15) is 5.10 Å². The van der Waals surface area contributed by atoms with Gasteiger partial charge in [0, 0.05) is 19.1 Å². The first-order valence-electron chi connectivity index (χ1n) is 7.13. The summed E-state index contributed by atoms with van der Waals surface area (Å²) >= 11 is 3.70. The van der Waals surface area contributed by atoms with Crippen LogP contribution in [0.15, 0.2) is 4.47 Å². The zero-order valence-corrected chi connectivity index (χ0v) is 13.3. The molecule has 0 aromatic carbocycles. The maximum absolute atomic E-state index is 4.59. The second kappa shape index (κ2) is 6.20. The molecule has 3 nitrogen and oxygen atoms in total. The van der Waals surface area contributed by atoms with Gasteiger partial charge in [0.25, 0.3) is 0 Å². The normalized spacial score (nSPS) is 21.4. The van der Waals surface area contributed by atoms with E-state index in [0.717, 1.165) is 24.8 Å². The van der Waals surface area contributed by atoms with Gasteiger partial charge in [0.15, 0.2) is 0 Å². The van der Waals surface area contributed by atoms with Gasteiger partial charge in [0.05, 0.1) is 15.9 Å². The van der Waals surface area contributed by atoms with Crippen molar-refractivity contribution in [3.05, 3.63) is 15.9 Å². The highest BCUT2D eigenvalue weighted by atomic mass is 79.9. The molecule has 1 aliphatic rings. The quantitative estimate of drug-likeness (QED) is 0.844. The summed E-state index contributed by atoms with van der Waals surface area (Å²) < 4.78 is 3.34. The Morgan fingerprint density at radius 3 is 2.78 bits per heavy atom. The Hall–Kier alpha value is -0.350. The molecule has 0 amide bonds. The van der Waals surface area contributed by atoms with Gasteiger partial charge in [-0.15, -0.1) is 0 Å². The van der Waals surface area contributed by atoms with Crippen LogP contribution in [0.5, 0.6) is 0 Å². The maximum atomic E-state index is 4.59. The summed E-state index contributed by atoms with van der Waals surface area (Å²) in [6.45, 7) is 9.77. The Bertz CT molecular complexity index is 400. The van der Waals surface area contributed by atoms with Crippen LogP contribution in [0.3, 0.4) is 0 Å². The van der Waals surface area contributed by atoms with Gasteiger partial charge in [0.1, 0.15) is 0 Å². The number of halogens is 1. The van der Waals surface area contributed by atoms with Crippen LogP contribution in [0.2, 0.25) is 0 Å². The van der Waals surface area contributed by atoms with Crippen LogP contribution >= 0.6 is 15.9 Å². The maximum Gasteiger partial charge on any atom is 0.0739 e. The van der Waals surface area contributed by atoms with Crippen LogP contribution in [-0.2, 0) is 13.1 Å². The smallest absolute Gasteiger partial charge is 0.0739 e. The average molecular weight is 314 g/mol. The van der Waals surface area contributed by atoms with Gasteiger partial charge in [-0.25, -0.2) is 0 Å². The number of rotatable bonds is 4. The SMILES string of the molecule is CCC1CCCCN1Cc1c(Br)c(C)nn1CC. The highest BCUT2D eigenvalue weighted by Crippen LogP contribution is 2.26. The largest absolute Gasteiger partial charge is 0.295 e. The van der Waals surface area contributed by atoms with Crippen LogP contribution < -0.4 is 0 Å². The Kier molecular flexibility index (Phi) is 4.84. The number of aromatic nitrogens is 2. The highest BCUT2D eigenvalue weighted by molar-refractivity contribution is 9.10. The predicted octanol–water partition coefficient (Wildman–Crippen LogP) is 3.74. The molecular formula is C14H24BrN3. The molecule has 1 aromatic rings. The molecule has 0 N–H and O–H groups in total. The van der Waals surface area contributed by atoms with E-state index in [1.54, 1.807) is 0 Å². The molecule has 0 aliphatic carbocycles. The molecule has 1 saturated heterocycles. The molecule has 18 heavy (non-hydrogen) atoms. The fourth-order valence-electron chi connectivity index (χ4n) is 2.94. The molecule has 0 radical (unpaired) electrons. The van der Waals surface area contributed by atoms with Crippen molar-refractivity contribution in [2.24, 2.45) is 0 Å². The summed E-state index contributed by atoms with van der Waals surface area (Å²) in [5, 5.41) is 4.59. The van der Waals surface area contributed by atoms with Crippen LogP contribution in [0, 0.1) is 6.92 Å². The van der Waals surface area contributed by atoms with Gasteiger partial charge in [-0.05, 0) is 55.6 Å². The zero-order valence-electron chi connectivity index (χ0n) is 11.7. The van der Waals surface area contributed by atoms with Gasteiger partial charge in [-0.3, -0.25) is 9.58 Å². The number of hydrogen-bond acceptors (Lipinski definition) is 2. The van der Waals surface area contributed by atoms with Crippen LogP contribution in [0.1, 0.15) is 50.9 Å². The predicted molar refractivity (Wildman–Crippen MR) is 78.7 cm³/mol. The second-order valence-electron chi connectivity index (χ2n) is 5.19. The van der Waals surface area contributed by atoms with E-state index < -0.39 is 0 Å². The van der Waals surface area contributed by atoms with E-state index in [0.29, 0.717) is 0 Å². The molecule has 0 spiro atoms. The van der Waals surface area contributed by atoms with Gasteiger partial charge in [-0.1, -0.05) is 13.3 Å². The third-order valence-electron chi connectivity index (χ3n) is 4.03. The van der Waals surface area contributed by atoms with Crippen molar-refractivity contribution in [2.75, 3.05) is 6.54 Å². The molecule has 1 atom stereocenters. The summed E-state index contributed by atoms with van der Waals surface area (Å²) in [5.41, 5.74) is 2.45. The first kappa shape index (κ1) is 14.1. The summed E-state index contributed by atoms with van der Waals surface area (Å²) in [7, 11) is 0. The topological polar surface area (TPSA) is 21.1 Å². The standard InChI is InChI=1S/C14H24BrN3/c1-4-12-8-6-7-9-17(12)10-13-14(15)11(3)16-18(13)5-2/h12H,4-10H2,1-3H3. The van der Waals surface area contributed by atoms with E-state index in [1.807, 2.05) is 0 Å². The highest BCUT2D eigenvalue weighted by Gasteiger charge is 2.23. The Labute approximate surface area is 119 Å². The fourth-order valence-corrected chi connectivity index (χ4v) is 3.35. The number of piperidine rings is 1. The summed E-state index contributed by atoms with van der Waals surface area (Å²) in [6.07, 6.45) is 5.35. The number of nitrogens with zero attached hydrogens (tertiary/aromatic N) is 3. The molecule has 102 valence electrons. The lowest BCUT2D eigenvalue weighted by Gasteiger charge is -2.35. The van der Waals surface area contributed by atoms with Crippen LogP contribution in [0.25, 0.3) is 0 Å². The van der Waals surface area contributed by atoms with E-state index in [4.69, 9.17) is 0 Å². The van der Waals surface area contributed by atoms with Gasteiger partial charge in [0.2, 0.25) is 0 Å². The molecule has 0 saturated carbocycles. The lowest BCUT2D eigenvalue weighted by atomic mass is 10.00. The second-order valence-corrected chi connectivity index (χ2v) is 5.98. The van der Waals surface area contributed by atoms with Crippen molar-refractivity contribution < 1.29 is 0 Å². The average Bonchev–Trinajstić information content (AvgIpc) is 2.67. The minimum atomic E-state index is 0.756. The molecule has 0 bridgehead atoms. The summed E-state index contributed by atoms with van der Waals surface area (Å²) in [4.78, 5) is 2.64. The summed E-state index contributed by atoms with van der Waals surface area (Å²) in [6, 6.07) is 0.756. The lowest BCUT2D eigenvalue weighted by Crippen LogP contribution is -2.39. The third-order valence-corrected chi connectivity index (χ3v) is 5.06. The molecule has 4 heteroatoms. The minimum absolute atomic E-state index is 0.756. The molecule has 1 aliphatic heterocycles.